The van der Waals surface area contributed by atoms with Crippen LogP contribution >= 0.6 is 0 Å². The van der Waals surface area contributed by atoms with Crippen molar-refractivity contribution in [2.45, 2.75) is 0 Å². The minimum atomic E-state index is 0.726. The molecule has 2 aromatic rings. The number of aromatic nitrogens is 2. The van der Waals surface area contributed by atoms with Gasteiger partial charge in [-0.1, -0.05) is 6.07 Å². The summed E-state index contributed by atoms with van der Waals surface area (Å²) in [6.45, 7) is 0. The lowest BCUT2D eigenvalue weighted by Gasteiger charge is -2.01. The van der Waals surface area contributed by atoms with E-state index in [4.69, 9.17) is 9.57 Å². The number of para-hydroxylation sites is 1. The van der Waals surface area contributed by atoms with Crippen LogP contribution in [0.2, 0.25) is 0 Å². The number of hydrogen-bond acceptors (Lipinski definition) is 3. The van der Waals surface area contributed by atoms with Crippen molar-refractivity contribution in [2.75, 3.05) is 14.2 Å². The molecule has 4 heteroatoms. The molecule has 0 aliphatic rings. The zero-order chi connectivity index (χ0) is 9.26. The van der Waals surface area contributed by atoms with E-state index in [9.17, 15) is 0 Å². The van der Waals surface area contributed by atoms with Crippen LogP contribution in [0.15, 0.2) is 18.2 Å². The van der Waals surface area contributed by atoms with Gasteiger partial charge in [-0.25, -0.2) is 4.98 Å². The van der Waals surface area contributed by atoms with Gasteiger partial charge in [0, 0.05) is 0 Å². The topological polar surface area (TPSA) is 36.3 Å². The Morgan fingerprint density at radius 3 is 2.92 bits per heavy atom. The van der Waals surface area contributed by atoms with E-state index in [1.165, 1.54) is 4.73 Å². The van der Waals surface area contributed by atoms with Crippen LogP contribution in [0, 0.1) is 6.33 Å². The van der Waals surface area contributed by atoms with Crippen LogP contribution in [0.1, 0.15) is 0 Å². The molecule has 0 unspecified atom stereocenters. The lowest BCUT2D eigenvalue weighted by molar-refractivity contribution is 0.175. The molecule has 1 aromatic carbocycles. The second-order valence-electron chi connectivity index (χ2n) is 2.52. The maximum atomic E-state index is 5.13. The van der Waals surface area contributed by atoms with Gasteiger partial charge < -0.3 is 9.57 Å². The molecule has 0 saturated heterocycles. The first-order chi connectivity index (χ1) is 6.36. The molecule has 0 saturated carbocycles. The number of methoxy groups -OCH3 is 1. The zero-order valence-electron chi connectivity index (χ0n) is 7.44. The Balaban J connectivity index is 2.72. The summed E-state index contributed by atoms with van der Waals surface area (Å²) in [5, 5.41) is 0. The third-order valence-electron chi connectivity index (χ3n) is 1.85. The van der Waals surface area contributed by atoms with Crippen LogP contribution < -0.4 is 9.57 Å². The van der Waals surface area contributed by atoms with Gasteiger partial charge in [-0.2, -0.15) is 4.73 Å². The molecule has 0 aliphatic carbocycles. The van der Waals surface area contributed by atoms with Gasteiger partial charge in [0.2, 0.25) is 6.33 Å². The minimum absolute atomic E-state index is 0.726. The molecule has 13 heavy (non-hydrogen) atoms. The van der Waals surface area contributed by atoms with Crippen molar-refractivity contribution in [1.82, 2.24) is 9.71 Å². The fourth-order valence-electron chi connectivity index (χ4n) is 1.24. The summed E-state index contributed by atoms with van der Waals surface area (Å²) < 4.78 is 6.60. The van der Waals surface area contributed by atoms with E-state index in [1.807, 2.05) is 18.2 Å². The quantitative estimate of drug-likeness (QED) is 0.683. The Bertz CT molecular complexity index is 422. The molecule has 0 N–H and O–H groups in total. The van der Waals surface area contributed by atoms with Gasteiger partial charge in [0.1, 0.15) is 23.9 Å². The van der Waals surface area contributed by atoms with Crippen LogP contribution in [0.4, 0.5) is 0 Å². The summed E-state index contributed by atoms with van der Waals surface area (Å²) in [5.74, 6) is 0.726. The Kier molecular flexibility index (Phi) is 1.81. The SMILES string of the molecule is COc1cccc2c1n[c]n2OC. The van der Waals surface area contributed by atoms with Crippen LogP contribution in [0.5, 0.6) is 5.75 Å². The minimum Gasteiger partial charge on any atom is -0.494 e. The monoisotopic (exact) mass is 177 g/mol. The lowest BCUT2D eigenvalue weighted by atomic mass is 10.3. The Labute approximate surface area is 75.7 Å². The number of hydrogen-bond donors (Lipinski definition) is 0. The second-order valence-corrected chi connectivity index (χ2v) is 2.52. The van der Waals surface area contributed by atoms with Gasteiger partial charge in [-0.3, -0.25) is 0 Å². The molecule has 1 heterocycles. The highest BCUT2D eigenvalue weighted by molar-refractivity contribution is 5.81. The summed E-state index contributed by atoms with van der Waals surface area (Å²) in [4.78, 5) is 9.06. The van der Waals surface area contributed by atoms with Gasteiger partial charge in [-0.15, -0.1) is 0 Å². The van der Waals surface area contributed by atoms with Crippen molar-refractivity contribution in [3.63, 3.8) is 0 Å². The average molecular weight is 177 g/mol. The lowest BCUT2D eigenvalue weighted by Crippen LogP contribution is -2.03. The number of benzene rings is 1. The first-order valence-corrected chi connectivity index (χ1v) is 3.84. The standard InChI is InChI=1S/C9H9N2O2/c1-12-8-5-3-4-7-9(8)10-6-11(7)13-2/h3-5H,1-2H3. The molecular formula is C9H9N2O2. The maximum Gasteiger partial charge on any atom is 0.216 e. The predicted octanol–water partition coefficient (Wildman–Crippen LogP) is 0.903. The van der Waals surface area contributed by atoms with Gasteiger partial charge in [0.25, 0.3) is 0 Å². The van der Waals surface area contributed by atoms with E-state index in [2.05, 4.69) is 11.3 Å². The largest absolute Gasteiger partial charge is 0.494 e. The van der Waals surface area contributed by atoms with Gasteiger partial charge in [-0.05, 0) is 12.1 Å². The first kappa shape index (κ1) is 7.91. The Hall–Kier alpha value is -1.71. The average Bonchev–Trinajstić information content (AvgIpc) is 2.60. The fraction of sp³-hybridized carbons (Fsp3) is 0.222. The number of ether oxygens (including phenoxy) is 1. The molecule has 0 spiro atoms. The molecule has 0 atom stereocenters. The summed E-state index contributed by atoms with van der Waals surface area (Å²) in [5.41, 5.74) is 1.61. The molecule has 1 aromatic heterocycles. The highest BCUT2D eigenvalue weighted by Crippen LogP contribution is 2.22. The van der Waals surface area contributed by atoms with E-state index >= 15 is 0 Å². The molecule has 2 rings (SSSR count). The summed E-state index contributed by atoms with van der Waals surface area (Å²) in [7, 11) is 3.18. The van der Waals surface area contributed by atoms with Crippen LogP contribution in [-0.4, -0.2) is 23.9 Å². The van der Waals surface area contributed by atoms with Crippen molar-refractivity contribution in [2.24, 2.45) is 0 Å². The normalized spacial score (nSPS) is 10.3. The van der Waals surface area contributed by atoms with E-state index < -0.39 is 0 Å². The first-order valence-electron chi connectivity index (χ1n) is 3.84. The van der Waals surface area contributed by atoms with Crippen molar-refractivity contribution >= 4 is 11.0 Å². The fourth-order valence-corrected chi connectivity index (χ4v) is 1.24. The number of rotatable bonds is 2. The van der Waals surface area contributed by atoms with Gasteiger partial charge >= 0.3 is 0 Å². The number of imidazole rings is 1. The molecule has 67 valence electrons. The zero-order valence-corrected chi connectivity index (χ0v) is 7.44. The van der Waals surface area contributed by atoms with Crippen molar-refractivity contribution in [3.8, 4) is 5.75 Å². The van der Waals surface area contributed by atoms with Crippen molar-refractivity contribution in [3.05, 3.63) is 24.5 Å². The Morgan fingerprint density at radius 1 is 1.38 bits per heavy atom. The maximum absolute atomic E-state index is 5.13. The van der Waals surface area contributed by atoms with Crippen molar-refractivity contribution < 1.29 is 9.57 Å². The summed E-state index contributed by atoms with van der Waals surface area (Å²) in [6, 6.07) is 5.63. The van der Waals surface area contributed by atoms with E-state index in [0.29, 0.717) is 0 Å². The molecule has 4 nitrogen and oxygen atoms in total. The van der Waals surface area contributed by atoms with Crippen LogP contribution in [0.25, 0.3) is 11.0 Å². The molecule has 0 fully saturated rings. The van der Waals surface area contributed by atoms with Crippen molar-refractivity contribution in [1.29, 1.82) is 0 Å². The summed E-state index contributed by atoms with van der Waals surface area (Å²) >= 11 is 0. The third kappa shape index (κ3) is 1.11. The van der Waals surface area contributed by atoms with Crippen LogP contribution in [-0.2, 0) is 0 Å². The van der Waals surface area contributed by atoms with E-state index in [-0.39, 0.29) is 0 Å². The molecule has 0 aliphatic heterocycles. The smallest absolute Gasteiger partial charge is 0.216 e. The van der Waals surface area contributed by atoms with E-state index in [1.54, 1.807) is 14.2 Å². The molecular weight excluding hydrogens is 168 g/mol. The predicted molar refractivity (Wildman–Crippen MR) is 47.6 cm³/mol. The summed E-state index contributed by atoms with van der Waals surface area (Å²) in [6.07, 6.45) is 2.70. The Morgan fingerprint density at radius 2 is 2.23 bits per heavy atom. The highest BCUT2D eigenvalue weighted by Gasteiger charge is 2.07. The molecule has 0 bridgehead atoms. The molecule has 0 amide bonds. The number of nitrogens with zero attached hydrogens (tertiary/aromatic N) is 2. The van der Waals surface area contributed by atoms with Crippen LogP contribution in [0.3, 0.4) is 0 Å². The van der Waals surface area contributed by atoms with Gasteiger partial charge in [0.15, 0.2) is 0 Å². The highest BCUT2D eigenvalue weighted by atomic mass is 16.6. The molecule has 1 radical (unpaired) electrons. The third-order valence-corrected chi connectivity index (χ3v) is 1.85. The van der Waals surface area contributed by atoms with E-state index in [0.717, 1.165) is 16.8 Å². The van der Waals surface area contributed by atoms with Gasteiger partial charge in [0.05, 0.1) is 7.11 Å². The number of fused-ring (bicyclic) bond motifs is 1. The second kappa shape index (κ2) is 2.97.